The number of nitrogens with one attached hydrogen (secondary N) is 2. The summed E-state index contributed by atoms with van der Waals surface area (Å²) in [6.07, 6.45) is 6.82. The van der Waals surface area contributed by atoms with Crippen LogP contribution < -0.4 is 5.32 Å². The number of hydrogen-bond donors (Lipinski definition) is 2. The maximum absolute atomic E-state index is 4.19. The second-order valence-corrected chi connectivity index (χ2v) is 4.40. The van der Waals surface area contributed by atoms with Crippen LogP contribution in [0, 0.1) is 0 Å². The summed E-state index contributed by atoms with van der Waals surface area (Å²) in [5.74, 6) is 0.861. The van der Waals surface area contributed by atoms with E-state index in [9.17, 15) is 0 Å². The monoisotopic (exact) mass is 229 g/mol. The summed E-state index contributed by atoms with van der Waals surface area (Å²) in [4.78, 5) is 0. The van der Waals surface area contributed by atoms with Crippen LogP contribution >= 0.6 is 0 Å². The Morgan fingerprint density at radius 3 is 2.65 bits per heavy atom. The first-order chi connectivity index (χ1) is 8.42. The standard InChI is InChI=1S/C12H15N5/c1-2-4-9(3-1)14-12-6-5-10(16-17-12)11-7-8-13-15-11/h5-9H,1-4H2,(H,13,15)(H,14,17). The molecule has 0 radical (unpaired) electrons. The van der Waals surface area contributed by atoms with Gasteiger partial charge in [0.25, 0.3) is 0 Å². The van der Waals surface area contributed by atoms with Gasteiger partial charge < -0.3 is 5.32 Å². The lowest BCUT2D eigenvalue weighted by Gasteiger charge is -2.11. The van der Waals surface area contributed by atoms with Crippen LogP contribution in [0.25, 0.3) is 11.4 Å². The zero-order valence-corrected chi connectivity index (χ0v) is 9.56. The first-order valence-corrected chi connectivity index (χ1v) is 6.02. The van der Waals surface area contributed by atoms with E-state index in [0.29, 0.717) is 6.04 Å². The van der Waals surface area contributed by atoms with Crippen molar-refractivity contribution in [2.75, 3.05) is 5.32 Å². The molecule has 0 amide bonds. The Hall–Kier alpha value is -1.91. The molecule has 0 saturated heterocycles. The van der Waals surface area contributed by atoms with E-state index in [1.54, 1.807) is 6.20 Å². The number of hydrogen-bond acceptors (Lipinski definition) is 4. The molecule has 0 atom stereocenters. The molecule has 1 fully saturated rings. The third kappa shape index (κ3) is 2.27. The minimum Gasteiger partial charge on any atom is -0.366 e. The fourth-order valence-electron chi connectivity index (χ4n) is 2.23. The third-order valence-corrected chi connectivity index (χ3v) is 3.15. The van der Waals surface area contributed by atoms with Crippen LogP contribution in [0.2, 0.25) is 0 Å². The van der Waals surface area contributed by atoms with Gasteiger partial charge >= 0.3 is 0 Å². The van der Waals surface area contributed by atoms with E-state index in [2.05, 4.69) is 25.7 Å². The van der Waals surface area contributed by atoms with E-state index in [1.165, 1.54) is 25.7 Å². The molecule has 5 heteroatoms. The van der Waals surface area contributed by atoms with Crippen LogP contribution in [-0.2, 0) is 0 Å². The quantitative estimate of drug-likeness (QED) is 0.847. The highest BCUT2D eigenvalue weighted by molar-refractivity contribution is 5.54. The van der Waals surface area contributed by atoms with Gasteiger partial charge in [0.15, 0.2) is 0 Å². The van der Waals surface area contributed by atoms with Crippen molar-refractivity contribution in [1.29, 1.82) is 0 Å². The molecule has 1 saturated carbocycles. The van der Waals surface area contributed by atoms with Gasteiger partial charge in [-0.05, 0) is 31.0 Å². The summed E-state index contributed by atoms with van der Waals surface area (Å²) in [5, 5.41) is 18.6. The molecule has 2 heterocycles. The molecule has 17 heavy (non-hydrogen) atoms. The van der Waals surface area contributed by atoms with Crippen molar-refractivity contribution in [3.05, 3.63) is 24.4 Å². The largest absolute Gasteiger partial charge is 0.366 e. The zero-order chi connectivity index (χ0) is 11.5. The second kappa shape index (κ2) is 4.53. The van der Waals surface area contributed by atoms with Gasteiger partial charge in [0, 0.05) is 12.2 Å². The molecule has 0 aliphatic heterocycles. The number of rotatable bonds is 3. The first-order valence-electron chi connectivity index (χ1n) is 6.02. The average molecular weight is 229 g/mol. The molecule has 0 unspecified atom stereocenters. The average Bonchev–Trinajstić information content (AvgIpc) is 3.01. The Balaban J connectivity index is 1.71. The SMILES string of the molecule is c1cc(-c2ccc(NC3CCCC3)nn2)[nH]n1. The molecule has 1 aliphatic carbocycles. The van der Waals surface area contributed by atoms with Gasteiger partial charge in [0.1, 0.15) is 11.5 Å². The lowest BCUT2D eigenvalue weighted by Crippen LogP contribution is -2.15. The van der Waals surface area contributed by atoms with Gasteiger partial charge in [-0.1, -0.05) is 12.8 Å². The Kier molecular flexibility index (Phi) is 2.73. The Bertz CT molecular complexity index is 456. The van der Waals surface area contributed by atoms with Crippen LogP contribution in [0.5, 0.6) is 0 Å². The maximum Gasteiger partial charge on any atom is 0.148 e. The summed E-state index contributed by atoms with van der Waals surface area (Å²) in [5.41, 5.74) is 1.71. The maximum atomic E-state index is 4.19. The van der Waals surface area contributed by atoms with Crippen molar-refractivity contribution >= 4 is 5.82 Å². The van der Waals surface area contributed by atoms with E-state index >= 15 is 0 Å². The molecule has 0 aromatic carbocycles. The summed E-state index contributed by atoms with van der Waals surface area (Å²) in [6.45, 7) is 0. The van der Waals surface area contributed by atoms with Gasteiger partial charge in [-0.2, -0.15) is 5.10 Å². The molecule has 5 nitrogen and oxygen atoms in total. The summed E-state index contributed by atoms with van der Waals surface area (Å²) in [6, 6.07) is 6.38. The smallest absolute Gasteiger partial charge is 0.148 e. The zero-order valence-electron chi connectivity index (χ0n) is 9.56. The number of H-pyrrole nitrogens is 1. The normalized spacial score (nSPS) is 16.2. The van der Waals surface area contributed by atoms with Crippen LogP contribution in [0.1, 0.15) is 25.7 Å². The van der Waals surface area contributed by atoms with E-state index in [0.717, 1.165) is 17.2 Å². The molecule has 2 aromatic rings. The molecular formula is C12H15N5. The Morgan fingerprint density at radius 2 is 2.00 bits per heavy atom. The number of nitrogens with zero attached hydrogens (tertiary/aromatic N) is 3. The van der Waals surface area contributed by atoms with Crippen molar-refractivity contribution in [3.8, 4) is 11.4 Å². The van der Waals surface area contributed by atoms with Gasteiger partial charge in [-0.25, -0.2) is 0 Å². The van der Waals surface area contributed by atoms with Gasteiger partial charge in [0.2, 0.25) is 0 Å². The summed E-state index contributed by atoms with van der Waals surface area (Å²) >= 11 is 0. The molecule has 3 rings (SSSR count). The highest BCUT2D eigenvalue weighted by Gasteiger charge is 2.15. The van der Waals surface area contributed by atoms with Crippen molar-refractivity contribution in [1.82, 2.24) is 20.4 Å². The van der Waals surface area contributed by atoms with Crippen molar-refractivity contribution < 1.29 is 0 Å². The van der Waals surface area contributed by atoms with Crippen LogP contribution in [0.3, 0.4) is 0 Å². The minimum atomic E-state index is 0.572. The highest BCUT2D eigenvalue weighted by Crippen LogP contribution is 2.21. The van der Waals surface area contributed by atoms with Crippen LogP contribution in [0.4, 0.5) is 5.82 Å². The molecule has 2 aromatic heterocycles. The van der Waals surface area contributed by atoms with Crippen molar-refractivity contribution in [3.63, 3.8) is 0 Å². The second-order valence-electron chi connectivity index (χ2n) is 4.40. The van der Waals surface area contributed by atoms with Crippen LogP contribution in [-0.4, -0.2) is 26.4 Å². The third-order valence-electron chi connectivity index (χ3n) is 3.15. The predicted molar refractivity (Wildman–Crippen MR) is 65.5 cm³/mol. The predicted octanol–water partition coefficient (Wildman–Crippen LogP) is 2.22. The molecule has 0 spiro atoms. The molecular weight excluding hydrogens is 214 g/mol. The van der Waals surface area contributed by atoms with Gasteiger partial charge in [-0.15, -0.1) is 10.2 Å². The lowest BCUT2D eigenvalue weighted by molar-refractivity contribution is 0.746. The molecule has 2 N–H and O–H groups in total. The Morgan fingerprint density at radius 1 is 1.12 bits per heavy atom. The number of aromatic amines is 1. The van der Waals surface area contributed by atoms with E-state index in [-0.39, 0.29) is 0 Å². The molecule has 1 aliphatic rings. The van der Waals surface area contributed by atoms with E-state index in [4.69, 9.17) is 0 Å². The Labute approximate surface area is 99.7 Å². The van der Waals surface area contributed by atoms with Gasteiger partial charge in [-0.3, -0.25) is 5.10 Å². The number of aromatic nitrogens is 4. The topological polar surface area (TPSA) is 66.5 Å². The molecule has 88 valence electrons. The lowest BCUT2D eigenvalue weighted by atomic mass is 10.2. The first kappa shape index (κ1) is 10.3. The summed E-state index contributed by atoms with van der Waals surface area (Å²) in [7, 11) is 0. The molecule has 0 bridgehead atoms. The van der Waals surface area contributed by atoms with Gasteiger partial charge in [0.05, 0.1) is 5.69 Å². The van der Waals surface area contributed by atoms with E-state index in [1.807, 2.05) is 18.2 Å². The van der Waals surface area contributed by atoms with E-state index < -0.39 is 0 Å². The minimum absolute atomic E-state index is 0.572. The fourth-order valence-corrected chi connectivity index (χ4v) is 2.23. The summed E-state index contributed by atoms with van der Waals surface area (Å²) < 4.78 is 0. The van der Waals surface area contributed by atoms with Crippen LogP contribution in [0.15, 0.2) is 24.4 Å². The van der Waals surface area contributed by atoms with Crippen molar-refractivity contribution in [2.45, 2.75) is 31.7 Å². The fraction of sp³-hybridized carbons (Fsp3) is 0.417. The highest BCUT2D eigenvalue weighted by atomic mass is 15.2. The van der Waals surface area contributed by atoms with Crippen molar-refractivity contribution in [2.24, 2.45) is 0 Å². The number of anilines is 1.